The monoisotopic (exact) mass is 300 g/mol. The molecular formula is C13H20N2O4S. The van der Waals surface area contributed by atoms with Crippen LogP contribution in [0.1, 0.15) is 36.5 Å². The van der Waals surface area contributed by atoms with E-state index in [2.05, 4.69) is 9.46 Å². The Morgan fingerprint density at radius 1 is 1.35 bits per heavy atom. The zero-order valence-corrected chi connectivity index (χ0v) is 12.5. The van der Waals surface area contributed by atoms with Crippen molar-refractivity contribution in [1.82, 2.24) is 4.72 Å². The first-order valence-corrected chi connectivity index (χ1v) is 7.88. The number of carbonyl (C=O) groups is 1. The molecule has 0 fully saturated rings. The minimum absolute atomic E-state index is 0.0234. The summed E-state index contributed by atoms with van der Waals surface area (Å²) in [6.07, 6.45) is 2.67. The molecule has 0 aliphatic heterocycles. The number of nitrogens with two attached hydrogens (primary N) is 1. The van der Waals surface area contributed by atoms with Gasteiger partial charge in [0.2, 0.25) is 10.0 Å². The number of nitrogens with one attached hydrogen (secondary N) is 1. The molecule has 0 heterocycles. The van der Waals surface area contributed by atoms with E-state index in [1.165, 1.54) is 25.3 Å². The number of hydrogen-bond donors (Lipinski definition) is 2. The highest BCUT2D eigenvalue weighted by Gasteiger charge is 2.22. The lowest BCUT2D eigenvalue weighted by atomic mass is 10.2. The summed E-state index contributed by atoms with van der Waals surface area (Å²) in [5, 5.41) is 0. The molecule has 112 valence electrons. The number of esters is 1. The molecule has 6 nitrogen and oxygen atoms in total. The van der Waals surface area contributed by atoms with Gasteiger partial charge >= 0.3 is 5.97 Å². The summed E-state index contributed by atoms with van der Waals surface area (Å²) in [5.74, 6) is -0.709. The number of anilines is 1. The van der Waals surface area contributed by atoms with Gasteiger partial charge in [0.05, 0.1) is 17.6 Å². The molecule has 0 saturated carbocycles. The number of benzene rings is 1. The lowest BCUT2D eigenvalue weighted by Crippen LogP contribution is -2.27. The fourth-order valence-electron chi connectivity index (χ4n) is 1.70. The van der Waals surface area contributed by atoms with Crippen molar-refractivity contribution in [2.45, 2.75) is 31.1 Å². The third-order valence-corrected chi connectivity index (χ3v) is 4.27. The van der Waals surface area contributed by atoms with E-state index in [1.807, 2.05) is 6.92 Å². The minimum atomic E-state index is -3.78. The molecule has 1 aromatic rings. The third-order valence-electron chi connectivity index (χ3n) is 2.77. The van der Waals surface area contributed by atoms with Crippen LogP contribution in [-0.2, 0) is 14.8 Å². The lowest BCUT2D eigenvalue weighted by Gasteiger charge is -2.11. The number of nitrogen functional groups attached to an aromatic ring is 1. The summed E-state index contributed by atoms with van der Waals surface area (Å²) in [5.41, 5.74) is 5.84. The van der Waals surface area contributed by atoms with Crippen LogP contribution in [0.4, 0.5) is 5.69 Å². The summed E-state index contributed by atoms with van der Waals surface area (Å²) >= 11 is 0. The van der Waals surface area contributed by atoms with Gasteiger partial charge in [0.1, 0.15) is 0 Å². The van der Waals surface area contributed by atoms with Crippen molar-refractivity contribution < 1.29 is 17.9 Å². The summed E-state index contributed by atoms with van der Waals surface area (Å²) in [6.45, 7) is 2.35. The van der Waals surface area contributed by atoms with E-state index in [4.69, 9.17) is 5.73 Å². The fraction of sp³-hybridized carbons (Fsp3) is 0.462. The fourth-order valence-corrected chi connectivity index (χ4v) is 3.00. The van der Waals surface area contributed by atoms with Gasteiger partial charge < -0.3 is 10.5 Å². The summed E-state index contributed by atoms with van der Waals surface area (Å²) in [7, 11) is -2.58. The molecule has 20 heavy (non-hydrogen) atoms. The zero-order chi connectivity index (χ0) is 15.2. The maximum Gasteiger partial charge on any atom is 0.339 e. The van der Waals surface area contributed by atoms with Gasteiger partial charge in [-0.2, -0.15) is 0 Å². The number of ether oxygens (including phenoxy) is 1. The van der Waals surface area contributed by atoms with E-state index >= 15 is 0 Å². The maximum absolute atomic E-state index is 12.2. The van der Waals surface area contributed by atoms with Gasteiger partial charge in [-0.1, -0.05) is 19.8 Å². The van der Waals surface area contributed by atoms with Crippen LogP contribution in [0, 0.1) is 0 Å². The summed E-state index contributed by atoms with van der Waals surface area (Å²) in [6, 6.07) is 4.07. The topological polar surface area (TPSA) is 98.5 Å². The average molecular weight is 300 g/mol. The molecule has 0 unspecified atom stereocenters. The smallest absolute Gasteiger partial charge is 0.339 e. The van der Waals surface area contributed by atoms with E-state index in [0.29, 0.717) is 6.54 Å². The second-order valence-electron chi connectivity index (χ2n) is 4.35. The van der Waals surface area contributed by atoms with Crippen molar-refractivity contribution in [2.75, 3.05) is 19.4 Å². The number of carbonyl (C=O) groups excluding carboxylic acids is 1. The second-order valence-corrected chi connectivity index (χ2v) is 6.09. The number of unbranched alkanes of at least 4 members (excludes halogenated alkanes) is 2. The first kappa shape index (κ1) is 16.5. The van der Waals surface area contributed by atoms with Crippen LogP contribution >= 0.6 is 0 Å². The van der Waals surface area contributed by atoms with Crippen LogP contribution in [0.5, 0.6) is 0 Å². The Bertz CT molecular complexity index is 570. The van der Waals surface area contributed by atoms with Crippen molar-refractivity contribution in [2.24, 2.45) is 0 Å². The van der Waals surface area contributed by atoms with Crippen LogP contribution < -0.4 is 10.5 Å². The Kier molecular flexibility index (Phi) is 5.97. The molecule has 0 atom stereocenters. The van der Waals surface area contributed by atoms with Crippen molar-refractivity contribution in [1.29, 1.82) is 0 Å². The number of methoxy groups -OCH3 is 1. The van der Waals surface area contributed by atoms with Crippen molar-refractivity contribution >= 4 is 21.7 Å². The average Bonchev–Trinajstić information content (AvgIpc) is 2.42. The van der Waals surface area contributed by atoms with E-state index in [-0.39, 0.29) is 16.1 Å². The second kappa shape index (κ2) is 7.25. The molecule has 0 amide bonds. The number of rotatable bonds is 7. The van der Waals surface area contributed by atoms with Gasteiger partial charge in [0.15, 0.2) is 0 Å². The van der Waals surface area contributed by atoms with Gasteiger partial charge in [-0.25, -0.2) is 17.9 Å². The lowest BCUT2D eigenvalue weighted by molar-refractivity contribution is 0.0596. The number of hydrogen-bond acceptors (Lipinski definition) is 5. The van der Waals surface area contributed by atoms with Crippen LogP contribution in [0.2, 0.25) is 0 Å². The SMILES string of the molecule is CCCCCNS(=O)(=O)c1cc(N)ccc1C(=O)OC. The van der Waals surface area contributed by atoms with Gasteiger partial charge in [0.25, 0.3) is 0 Å². The molecule has 1 aromatic carbocycles. The predicted octanol–water partition coefficient (Wildman–Crippen LogP) is 1.52. The minimum Gasteiger partial charge on any atom is -0.465 e. The molecular weight excluding hydrogens is 280 g/mol. The van der Waals surface area contributed by atoms with Gasteiger partial charge in [0, 0.05) is 12.2 Å². The van der Waals surface area contributed by atoms with Gasteiger partial charge in [-0.15, -0.1) is 0 Å². The Balaban J connectivity index is 3.03. The predicted molar refractivity (Wildman–Crippen MR) is 76.9 cm³/mol. The highest BCUT2D eigenvalue weighted by atomic mass is 32.2. The van der Waals surface area contributed by atoms with Crippen molar-refractivity contribution in [3.8, 4) is 0 Å². The van der Waals surface area contributed by atoms with E-state index in [1.54, 1.807) is 0 Å². The first-order valence-electron chi connectivity index (χ1n) is 6.40. The zero-order valence-electron chi connectivity index (χ0n) is 11.7. The Morgan fingerprint density at radius 2 is 2.05 bits per heavy atom. The highest BCUT2D eigenvalue weighted by molar-refractivity contribution is 7.89. The van der Waals surface area contributed by atoms with E-state index in [9.17, 15) is 13.2 Å². The van der Waals surface area contributed by atoms with Gasteiger partial charge in [-0.05, 0) is 24.6 Å². The van der Waals surface area contributed by atoms with Crippen LogP contribution in [-0.4, -0.2) is 28.0 Å². The maximum atomic E-state index is 12.2. The first-order chi connectivity index (χ1) is 9.42. The quantitative estimate of drug-likeness (QED) is 0.452. The molecule has 0 bridgehead atoms. The highest BCUT2D eigenvalue weighted by Crippen LogP contribution is 2.20. The third kappa shape index (κ3) is 4.21. The van der Waals surface area contributed by atoms with E-state index in [0.717, 1.165) is 19.3 Å². The molecule has 0 aliphatic carbocycles. The van der Waals surface area contributed by atoms with E-state index < -0.39 is 16.0 Å². The molecule has 0 aliphatic rings. The molecule has 3 N–H and O–H groups in total. The Morgan fingerprint density at radius 3 is 2.65 bits per heavy atom. The normalized spacial score (nSPS) is 11.3. The van der Waals surface area contributed by atoms with Crippen LogP contribution in [0.25, 0.3) is 0 Å². The molecule has 0 radical (unpaired) electrons. The number of sulfonamides is 1. The molecule has 0 aromatic heterocycles. The van der Waals surface area contributed by atoms with Crippen LogP contribution in [0.15, 0.2) is 23.1 Å². The van der Waals surface area contributed by atoms with Crippen LogP contribution in [0.3, 0.4) is 0 Å². The molecule has 1 rings (SSSR count). The Labute approximate surface area is 119 Å². The molecule has 0 spiro atoms. The largest absolute Gasteiger partial charge is 0.465 e. The van der Waals surface area contributed by atoms with Gasteiger partial charge in [-0.3, -0.25) is 0 Å². The standard InChI is InChI=1S/C13H20N2O4S/c1-3-4-5-8-15-20(17,18)12-9-10(14)6-7-11(12)13(16)19-2/h6-7,9,15H,3-5,8,14H2,1-2H3. The summed E-state index contributed by atoms with van der Waals surface area (Å²) in [4.78, 5) is 11.5. The summed E-state index contributed by atoms with van der Waals surface area (Å²) < 4.78 is 31.5. The molecule has 7 heteroatoms. The Hall–Kier alpha value is -1.60. The van der Waals surface area contributed by atoms with Crippen molar-refractivity contribution in [3.63, 3.8) is 0 Å². The molecule has 0 saturated heterocycles. The van der Waals surface area contributed by atoms with Crippen molar-refractivity contribution in [3.05, 3.63) is 23.8 Å².